The number of hydrogen-bond donors (Lipinski definition) is 3. The zero-order valence-corrected chi connectivity index (χ0v) is 21.0. The summed E-state index contributed by atoms with van der Waals surface area (Å²) in [6.45, 7) is 9.35. The monoisotopic (exact) mass is 499 g/mol. The summed E-state index contributed by atoms with van der Waals surface area (Å²) in [7, 11) is 1.96. The zero-order valence-electron chi connectivity index (χ0n) is 21.0. The summed E-state index contributed by atoms with van der Waals surface area (Å²) in [5.41, 5.74) is 9.02. The average Bonchev–Trinajstić information content (AvgIpc) is 2.86. The van der Waals surface area contributed by atoms with E-state index in [-0.39, 0.29) is 5.69 Å². The highest BCUT2D eigenvalue weighted by atomic mass is 19.4. The fourth-order valence-corrected chi connectivity index (χ4v) is 3.43. The Kier molecular flexibility index (Phi) is 13.7. The maximum Gasteiger partial charge on any atom is 0.416 e. The van der Waals surface area contributed by atoms with Crippen LogP contribution in [0.2, 0.25) is 0 Å². The van der Waals surface area contributed by atoms with Gasteiger partial charge < -0.3 is 21.2 Å². The number of nitrogen functional groups attached to an aromatic ring is 1. The molecule has 4 N–H and O–H groups in total. The molecule has 0 aliphatic heterocycles. The number of allylic oxidation sites excluding steroid dienone is 1. The Morgan fingerprint density at radius 2 is 1.64 bits per heavy atom. The van der Waals surface area contributed by atoms with Crippen LogP contribution < -0.4 is 16.4 Å². The molecule has 0 aromatic heterocycles. The molecule has 0 heterocycles. The van der Waals surface area contributed by atoms with E-state index in [1.165, 1.54) is 12.0 Å². The van der Waals surface area contributed by atoms with Gasteiger partial charge >= 0.3 is 6.18 Å². The van der Waals surface area contributed by atoms with E-state index in [2.05, 4.69) is 36.3 Å². The molecule has 0 bridgehead atoms. The third kappa shape index (κ3) is 11.2. The van der Waals surface area contributed by atoms with Crippen molar-refractivity contribution >= 4 is 18.2 Å². The first-order valence-corrected chi connectivity index (χ1v) is 11.7. The number of alkyl halides is 3. The number of rotatable bonds is 9. The molecule has 0 fully saturated rings. The van der Waals surface area contributed by atoms with E-state index < -0.39 is 11.7 Å². The predicted molar refractivity (Wildman–Crippen MR) is 145 cm³/mol. The van der Waals surface area contributed by atoms with Gasteiger partial charge in [-0.3, -0.25) is 0 Å². The van der Waals surface area contributed by atoms with Crippen LogP contribution >= 0.6 is 0 Å². The van der Waals surface area contributed by atoms with E-state index in [4.69, 9.17) is 10.5 Å². The van der Waals surface area contributed by atoms with Gasteiger partial charge in [0, 0.05) is 17.1 Å². The number of hydrogen-bond acceptors (Lipinski definition) is 4. The molecule has 3 aromatic rings. The highest BCUT2D eigenvalue weighted by Gasteiger charge is 2.31. The number of nitrogens with two attached hydrogens (primary N) is 1. The first kappa shape index (κ1) is 30.5. The Hall–Kier alpha value is -3.58. The minimum atomic E-state index is -4.44. The zero-order chi connectivity index (χ0) is 27.0. The second-order valence-electron chi connectivity index (χ2n) is 8.09. The van der Waals surface area contributed by atoms with Gasteiger partial charge in [-0.1, -0.05) is 56.0 Å². The number of aryl methyl sites for hydroxylation is 1. The van der Waals surface area contributed by atoms with Crippen molar-refractivity contribution in [2.45, 2.75) is 38.8 Å². The van der Waals surface area contributed by atoms with Crippen molar-refractivity contribution in [1.82, 2.24) is 5.32 Å². The van der Waals surface area contributed by atoms with Gasteiger partial charge in [0.15, 0.2) is 0 Å². The Balaban J connectivity index is 0.000000826. The molecule has 0 amide bonds. The molecule has 3 rings (SSSR count). The SMILES string of the molecule is C=C(CCCc1ccccc1)Nc1cccc(-c2cc(N)cc(C(F)(F)F)c2)c1.C=O.CCCNC. The van der Waals surface area contributed by atoms with Crippen LogP contribution in [0.25, 0.3) is 11.1 Å². The number of carbonyl (C=O) groups is 1. The minimum absolute atomic E-state index is 0.0820. The van der Waals surface area contributed by atoms with Crippen molar-refractivity contribution in [3.8, 4) is 11.1 Å². The summed E-state index contributed by atoms with van der Waals surface area (Å²) in [6, 6.07) is 21.1. The largest absolute Gasteiger partial charge is 0.416 e. The van der Waals surface area contributed by atoms with Gasteiger partial charge in [0.05, 0.1) is 5.56 Å². The number of nitrogens with one attached hydrogen (secondary N) is 2. The molecule has 3 aromatic carbocycles. The minimum Gasteiger partial charge on any atom is -0.399 e. The lowest BCUT2D eigenvalue weighted by molar-refractivity contribution is -0.137. The molecule has 0 aliphatic carbocycles. The van der Waals surface area contributed by atoms with Crippen molar-refractivity contribution in [1.29, 1.82) is 0 Å². The molecule has 0 unspecified atom stereocenters. The standard InChI is InChI=1S/C24H23F3N2.C4H11N.CH2O/c1-17(7-5-10-18-8-3-2-4-9-18)29-23-12-6-11-19(15-23)20-13-21(24(25,26)27)16-22(28)14-20;1-3-4-5-2;1-2/h2-4,6,8-9,11-16,29H,1,5,7,10,28H2;5H,3-4H2,1-2H3;1H2. The maximum atomic E-state index is 13.1. The molecular weight excluding hydrogens is 463 g/mol. The first-order chi connectivity index (χ1) is 17.2. The van der Waals surface area contributed by atoms with Gasteiger partial charge in [-0.25, -0.2) is 0 Å². The summed E-state index contributed by atoms with van der Waals surface area (Å²) >= 11 is 0. The molecule has 7 heteroatoms. The third-order valence-corrected chi connectivity index (χ3v) is 5.09. The molecule has 0 saturated carbocycles. The van der Waals surface area contributed by atoms with E-state index >= 15 is 0 Å². The summed E-state index contributed by atoms with van der Waals surface area (Å²) < 4.78 is 39.2. The quantitative estimate of drug-likeness (QED) is 0.270. The average molecular weight is 500 g/mol. The van der Waals surface area contributed by atoms with Crippen molar-refractivity contribution < 1.29 is 18.0 Å². The van der Waals surface area contributed by atoms with Gasteiger partial charge in [0.2, 0.25) is 0 Å². The third-order valence-electron chi connectivity index (χ3n) is 5.09. The summed E-state index contributed by atoms with van der Waals surface area (Å²) in [4.78, 5) is 8.00. The summed E-state index contributed by atoms with van der Waals surface area (Å²) in [5.74, 6) is 0. The molecule has 0 saturated heterocycles. The van der Waals surface area contributed by atoms with Crippen LogP contribution in [0.5, 0.6) is 0 Å². The molecule has 36 heavy (non-hydrogen) atoms. The van der Waals surface area contributed by atoms with Crippen molar-refractivity contribution in [3.63, 3.8) is 0 Å². The highest BCUT2D eigenvalue weighted by Crippen LogP contribution is 2.34. The second-order valence-corrected chi connectivity index (χ2v) is 8.09. The highest BCUT2D eigenvalue weighted by molar-refractivity contribution is 5.72. The van der Waals surface area contributed by atoms with Crippen LogP contribution in [-0.4, -0.2) is 20.4 Å². The molecule has 194 valence electrons. The first-order valence-electron chi connectivity index (χ1n) is 11.7. The van der Waals surface area contributed by atoms with Gasteiger partial charge in [0.1, 0.15) is 6.79 Å². The normalized spacial score (nSPS) is 10.4. The Labute approximate surface area is 212 Å². The van der Waals surface area contributed by atoms with Crippen LogP contribution in [-0.2, 0) is 17.4 Å². The molecule has 0 radical (unpaired) electrons. The maximum absolute atomic E-state index is 13.1. The van der Waals surface area contributed by atoms with Gasteiger partial charge in [-0.05, 0) is 86.3 Å². The van der Waals surface area contributed by atoms with Crippen LogP contribution in [0.3, 0.4) is 0 Å². The number of carbonyl (C=O) groups excluding carboxylic acids is 1. The molecule has 0 spiro atoms. The topological polar surface area (TPSA) is 67.1 Å². The smallest absolute Gasteiger partial charge is 0.399 e. The lowest BCUT2D eigenvalue weighted by Gasteiger charge is -2.13. The Bertz CT molecular complexity index is 1050. The van der Waals surface area contributed by atoms with Gasteiger partial charge in [0.25, 0.3) is 0 Å². The number of anilines is 2. The molecular formula is C29H36F3N3O. The van der Waals surface area contributed by atoms with Crippen LogP contribution in [0, 0.1) is 0 Å². The lowest BCUT2D eigenvalue weighted by Crippen LogP contribution is -2.06. The second kappa shape index (κ2) is 16.2. The fraction of sp³-hybridized carbons (Fsp3) is 0.276. The molecule has 4 nitrogen and oxygen atoms in total. The van der Waals surface area contributed by atoms with E-state index in [1.807, 2.05) is 38.1 Å². The Morgan fingerprint density at radius 1 is 0.944 bits per heavy atom. The van der Waals surface area contributed by atoms with Crippen molar-refractivity contribution in [3.05, 3.63) is 96.2 Å². The van der Waals surface area contributed by atoms with E-state index in [1.54, 1.807) is 24.3 Å². The lowest BCUT2D eigenvalue weighted by atomic mass is 10.0. The van der Waals surface area contributed by atoms with Crippen molar-refractivity contribution in [2.75, 3.05) is 24.6 Å². The molecule has 0 aliphatic rings. The van der Waals surface area contributed by atoms with Gasteiger partial charge in [-0.2, -0.15) is 13.2 Å². The predicted octanol–water partition coefficient (Wildman–Crippen LogP) is 7.33. The van der Waals surface area contributed by atoms with Gasteiger partial charge in [-0.15, -0.1) is 0 Å². The van der Waals surface area contributed by atoms with E-state index in [9.17, 15) is 13.2 Å². The number of halogens is 3. The van der Waals surface area contributed by atoms with Crippen molar-refractivity contribution in [2.24, 2.45) is 0 Å². The summed E-state index contributed by atoms with van der Waals surface area (Å²) in [6.07, 6.45) is -0.482. The van der Waals surface area contributed by atoms with Crippen LogP contribution in [0.4, 0.5) is 24.5 Å². The molecule has 0 atom stereocenters. The fourth-order valence-electron chi connectivity index (χ4n) is 3.43. The Morgan fingerprint density at radius 3 is 2.22 bits per heavy atom. The summed E-state index contributed by atoms with van der Waals surface area (Å²) in [5, 5.41) is 6.27. The van der Waals surface area contributed by atoms with E-state index in [0.717, 1.165) is 49.3 Å². The number of benzene rings is 3. The van der Waals surface area contributed by atoms with Crippen LogP contribution in [0.15, 0.2) is 85.1 Å². The van der Waals surface area contributed by atoms with Crippen LogP contribution in [0.1, 0.15) is 37.3 Å². The van der Waals surface area contributed by atoms with E-state index in [0.29, 0.717) is 11.1 Å².